The van der Waals surface area contributed by atoms with Crippen molar-refractivity contribution in [2.45, 2.75) is 26.0 Å². The molecule has 1 fully saturated rings. The zero-order valence-electron chi connectivity index (χ0n) is 12.6. The van der Waals surface area contributed by atoms with Crippen molar-refractivity contribution in [3.05, 3.63) is 35.6 Å². The lowest BCUT2D eigenvalue weighted by Crippen LogP contribution is -2.44. The molecule has 0 saturated carbocycles. The fraction of sp³-hybridized carbons (Fsp3) is 0.625. The molecule has 2 rings (SSSR count). The highest BCUT2D eigenvalue weighted by atomic mass is 19.1. The van der Waals surface area contributed by atoms with Crippen LogP contribution in [-0.2, 0) is 4.74 Å². The molecule has 0 aliphatic carbocycles. The second kappa shape index (κ2) is 7.16. The highest BCUT2D eigenvalue weighted by Crippen LogP contribution is 2.25. The van der Waals surface area contributed by atoms with Crippen LogP contribution in [0.5, 0.6) is 0 Å². The van der Waals surface area contributed by atoms with Crippen LogP contribution in [-0.4, -0.2) is 44.3 Å². The summed E-state index contributed by atoms with van der Waals surface area (Å²) in [7, 11) is 1.90. The van der Waals surface area contributed by atoms with Crippen LogP contribution in [0.2, 0.25) is 0 Å². The van der Waals surface area contributed by atoms with Gasteiger partial charge in [-0.1, -0.05) is 25.1 Å². The van der Waals surface area contributed by atoms with Gasteiger partial charge in [0, 0.05) is 31.2 Å². The van der Waals surface area contributed by atoms with E-state index in [1.54, 1.807) is 6.07 Å². The quantitative estimate of drug-likeness (QED) is 0.896. The summed E-state index contributed by atoms with van der Waals surface area (Å²) in [5.41, 5.74) is 0.754. The predicted molar refractivity (Wildman–Crippen MR) is 79.2 cm³/mol. The number of morpholine rings is 1. The van der Waals surface area contributed by atoms with Crippen LogP contribution in [0.25, 0.3) is 0 Å². The minimum Gasteiger partial charge on any atom is -0.376 e. The number of ether oxygens (including phenoxy) is 1. The lowest BCUT2D eigenvalue weighted by molar-refractivity contribution is -0.0238. The zero-order valence-corrected chi connectivity index (χ0v) is 12.6. The molecular formula is C16H25FN2O. The summed E-state index contributed by atoms with van der Waals surface area (Å²) in [5, 5.41) is 3.26. The first-order valence-corrected chi connectivity index (χ1v) is 7.37. The van der Waals surface area contributed by atoms with Crippen LogP contribution < -0.4 is 5.32 Å². The summed E-state index contributed by atoms with van der Waals surface area (Å²) in [6.07, 6.45) is 0.289. The van der Waals surface area contributed by atoms with E-state index in [2.05, 4.69) is 24.1 Å². The number of nitrogens with one attached hydrogen (secondary N) is 1. The highest BCUT2D eigenvalue weighted by molar-refractivity contribution is 5.21. The maximum atomic E-state index is 14.0. The fourth-order valence-corrected chi connectivity index (χ4v) is 3.04. The smallest absolute Gasteiger partial charge is 0.127 e. The molecule has 1 N–H and O–H groups in total. The van der Waals surface area contributed by atoms with Crippen LogP contribution in [0.3, 0.4) is 0 Å². The maximum absolute atomic E-state index is 14.0. The number of hydrogen-bond donors (Lipinski definition) is 1. The Hall–Kier alpha value is -0.970. The van der Waals surface area contributed by atoms with E-state index in [9.17, 15) is 4.39 Å². The van der Waals surface area contributed by atoms with E-state index in [0.717, 1.165) is 31.8 Å². The molecule has 112 valence electrons. The van der Waals surface area contributed by atoms with Crippen molar-refractivity contribution in [1.82, 2.24) is 10.2 Å². The Morgan fingerprint density at radius 1 is 1.45 bits per heavy atom. The van der Waals surface area contributed by atoms with E-state index in [4.69, 9.17) is 4.74 Å². The van der Waals surface area contributed by atoms with Crippen LogP contribution in [0.15, 0.2) is 24.3 Å². The van der Waals surface area contributed by atoms with Crippen molar-refractivity contribution in [2.75, 3.05) is 33.3 Å². The topological polar surface area (TPSA) is 24.5 Å². The highest BCUT2D eigenvalue weighted by Gasteiger charge is 2.24. The standard InChI is InChI=1S/C16H25FN2O/c1-12(10-19-8-9-20-13(2)11-19)16(18-3)14-6-4-5-7-15(14)17/h4-7,12-13,16,18H,8-11H2,1-3H3. The van der Waals surface area contributed by atoms with Crippen LogP contribution in [0.4, 0.5) is 4.39 Å². The summed E-state index contributed by atoms with van der Waals surface area (Å²) < 4.78 is 19.5. The fourth-order valence-electron chi connectivity index (χ4n) is 3.04. The predicted octanol–water partition coefficient (Wildman–Crippen LogP) is 2.44. The van der Waals surface area contributed by atoms with E-state index < -0.39 is 0 Å². The Morgan fingerprint density at radius 3 is 2.85 bits per heavy atom. The van der Waals surface area contributed by atoms with Gasteiger partial charge in [-0.2, -0.15) is 0 Å². The maximum Gasteiger partial charge on any atom is 0.127 e. The average Bonchev–Trinajstić information content (AvgIpc) is 2.41. The van der Waals surface area contributed by atoms with Gasteiger partial charge in [-0.05, 0) is 26.0 Å². The second-order valence-electron chi connectivity index (χ2n) is 5.71. The van der Waals surface area contributed by atoms with Crippen molar-refractivity contribution in [2.24, 2.45) is 5.92 Å². The summed E-state index contributed by atoms with van der Waals surface area (Å²) in [5.74, 6) is 0.205. The summed E-state index contributed by atoms with van der Waals surface area (Å²) in [6.45, 7) is 7.93. The van der Waals surface area contributed by atoms with Gasteiger partial charge in [0.25, 0.3) is 0 Å². The molecule has 0 bridgehead atoms. The van der Waals surface area contributed by atoms with Gasteiger partial charge < -0.3 is 10.1 Å². The summed E-state index contributed by atoms with van der Waals surface area (Å²) in [4.78, 5) is 2.41. The Morgan fingerprint density at radius 2 is 2.20 bits per heavy atom. The second-order valence-corrected chi connectivity index (χ2v) is 5.71. The minimum atomic E-state index is -0.131. The molecule has 0 radical (unpaired) electrons. The van der Waals surface area contributed by atoms with Gasteiger partial charge in [-0.25, -0.2) is 4.39 Å². The van der Waals surface area contributed by atoms with E-state index in [-0.39, 0.29) is 18.0 Å². The van der Waals surface area contributed by atoms with E-state index in [0.29, 0.717) is 5.92 Å². The van der Waals surface area contributed by atoms with Gasteiger partial charge in [-0.3, -0.25) is 4.90 Å². The monoisotopic (exact) mass is 280 g/mol. The van der Waals surface area contributed by atoms with Gasteiger partial charge in [-0.15, -0.1) is 0 Å². The van der Waals surface area contributed by atoms with Crippen molar-refractivity contribution < 1.29 is 9.13 Å². The lowest BCUT2D eigenvalue weighted by atomic mass is 9.93. The van der Waals surface area contributed by atoms with Crippen molar-refractivity contribution >= 4 is 0 Å². The van der Waals surface area contributed by atoms with Gasteiger partial charge >= 0.3 is 0 Å². The third kappa shape index (κ3) is 3.78. The summed E-state index contributed by atoms with van der Waals surface area (Å²) >= 11 is 0. The first-order valence-electron chi connectivity index (χ1n) is 7.37. The van der Waals surface area contributed by atoms with Gasteiger partial charge in [0.2, 0.25) is 0 Å². The molecule has 20 heavy (non-hydrogen) atoms. The molecule has 3 atom stereocenters. The third-order valence-corrected chi connectivity index (χ3v) is 3.99. The van der Waals surface area contributed by atoms with Crippen molar-refractivity contribution in [3.63, 3.8) is 0 Å². The molecular weight excluding hydrogens is 255 g/mol. The van der Waals surface area contributed by atoms with Crippen LogP contribution in [0.1, 0.15) is 25.5 Å². The Bertz CT molecular complexity index is 427. The lowest BCUT2D eigenvalue weighted by Gasteiger charge is -2.35. The van der Waals surface area contributed by atoms with Crippen molar-refractivity contribution in [1.29, 1.82) is 0 Å². The zero-order chi connectivity index (χ0) is 14.5. The molecule has 4 heteroatoms. The number of rotatable bonds is 5. The van der Waals surface area contributed by atoms with Crippen molar-refractivity contribution in [3.8, 4) is 0 Å². The Labute approximate surface area is 121 Å². The first kappa shape index (κ1) is 15.4. The normalized spacial score (nSPS) is 23.5. The molecule has 1 heterocycles. The van der Waals surface area contributed by atoms with Gasteiger partial charge in [0.05, 0.1) is 12.7 Å². The average molecular weight is 280 g/mol. The first-order chi connectivity index (χ1) is 9.61. The Balaban J connectivity index is 2.02. The molecule has 0 amide bonds. The minimum absolute atomic E-state index is 0.0364. The molecule has 0 spiro atoms. The molecule has 1 saturated heterocycles. The molecule has 3 nitrogen and oxygen atoms in total. The molecule has 3 unspecified atom stereocenters. The molecule has 1 aliphatic heterocycles. The van der Waals surface area contributed by atoms with Gasteiger partial charge in [0.1, 0.15) is 5.82 Å². The third-order valence-electron chi connectivity index (χ3n) is 3.99. The number of benzene rings is 1. The summed E-state index contributed by atoms with van der Waals surface area (Å²) in [6, 6.07) is 7.07. The number of hydrogen-bond acceptors (Lipinski definition) is 3. The molecule has 1 aromatic rings. The van der Waals surface area contributed by atoms with E-state index >= 15 is 0 Å². The molecule has 1 aliphatic rings. The Kier molecular flexibility index (Phi) is 5.52. The number of halogens is 1. The molecule has 0 aromatic heterocycles. The van der Waals surface area contributed by atoms with E-state index in [1.165, 1.54) is 6.07 Å². The SMILES string of the molecule is CNC(c1ccccc1F)C(C)CN1CCOC(C)C1. The van der Waals surface area contributed by atoms with Crippen LogP contribution in [0, 0.1) is 11.7 Å². The number of nitrogens with zero attached hydrogens (tertiary/aromatic N) is 1. The largest absolute Gasteiger partial charge is 0.376 e. The van der Waals surface area contributed by atoms with Crippen LogP contribution >= 0.6 is 0 Å². The molecule has 1 aromatic carbocycles. The van der Waals surface area contributed by atoms with E-state index in [1.807, 2.05) is 19.2 Å². The van der Waals surface area contributed by atoms with Gasteiger partial charge in [0.15, 0.2) is 0 Å².